The second-order valence-corrected chi connectivity index (χ2v) is 8.10. The number of methoxy groups -OCH3 is 1. The van der Waals surface area contributed by atoms with Gasteiger partial charge in [-0.2, -0.15) is 0 Å². The quantitative estimate of drug-likeness (QED) is 0.561. The molecule has 1 fully saturated rings. The fourth-order valence-electron chi connectivity index (χ4n) is 3.72. The maximum Gasteiger partial charge on any atom is 0.222 e. The van der Waals surface area contributed by atoms with Crippen molar-refractivity contribution in [1.29, 1.82) is 0 Å². The van der Waals surface area contributed by atoms with E-state index in [1.807, 2.05) is 64.3 Å². The minimum absolute atomic E-state index is 0.165. The Kier molecular flexibility index (Phi) is 5.94. The molecule has 0 spiro atoms. The maximum atomic E-state index is 12.7. The number of carbonyl (C=O) groups excluding carboxylic acids is 1. The van der Waals surface area contributed by atoms with Gasteiger partial charge in [0.2, 0.25) is 5.91 Å². The first-order valence-electron chi connectivity index (χ1n) is 9.71. The van der Waals surface area contributed by atoms with Gasteiger partial charge in [0.05, 0.1) is 19.3 Å². The van der Waals surface area contributed by atoms with Crippen molar-refractivity contribution < 1.29 is 9.53 Å². The molecule has 4 rings (SSSR count). The molecule has 0 N–H and O–H groups in total. The van der Waals surface area contributed by atoms with Crippen molar-refractivity contribution in [3.05, 3.63) is 64.8 Å². The zero-order valence-corrected chi connectivity index (χ0v) is 17.9. The van der Waals surface area contributed by atoms with Crippen LogP contribution in [0.4, 0.5) is 0 Å². The van der Waals surface area contributed by atoms with E-state index in [9.17, 15) is 4.79 Å². The largest absolute Gasteiger partial charge is 0.496 e. The first kappa shape index (κ1) is 19.6. The SMILES string of the molecule is COc1ccc(Br)cc1CCC(=O)N1CCC(n2cc(-c3ccccc3)nn2)C1. The molecule has 0 radical (unpaired) electrons. The summed E-state index contributed by atoms with van der Waals surface area (Å²) in [6.45, 7) is 1.42. The highest BCUT2D eigenvalue weighted by Gasteiger charge is 2.28. The number of aryl methyl sites for hydroxylation is 1. The van der Waals surface area contributed by atoms with Crippen molar-refractivity contribution in [3.63, 3.8) is 0 Å². The van der Waals surface area contributed by atoms with Crippen LogP contribution in [0.3, 0.4) is 0 Å². The molecule has 1 unspecified atom stereocenters. The van der Waals surface area contributed by atoms with E-state index in [1.165, 1.54) is 0 Å². The third-order valence-electron chi connectivity index (χ3n) is 5.32. The van der Waals surface area contributed by atoms with Crippen LogP contribution in [-0.4, -0.2) is 46.0 Å². The Morgan fingerprint density at radius 1 is 1.24 bits per heavy atom. The zero-order chi connectivity index (χ0) is 20.2. The molecule has 2 aromatic carbocycles. The van der Waals surface area contributed by atoms with Gasteiger partial charge in [-0.25, -0.2) is 4.68 Å². The second kappa shape index (κ2) is 8.78. The Balaban J connectivity index is 1.36. The Labute approximate surface area is 178 Å². The number of hydrogen-bond donors (Lipinski definition) is 0. The Morgan fingerprint density at radius 3 is 2.86 bits per heavy atom. The first-order valence-corrected chi connectivity index (χ1v) is 10.5. The van der Waals surface area contributed by atoms with Gasteiger partial charge in [-0.1, -0.05) is 51.5 Å². The zero-order valence-electron chi connectivity index (χ0n) is 16.3. The van der Waals surface area contributed by atoms with Gasteiger partial charge in [0.1, 0.15) is 11.4 Å². The summed E-state index contributed by atoms with van der Waals surface area (Å²) in [5.41, 5.74) is 2.94. The molecule has 7 heteroatoms. The molecule has 1 atom stereocenters. The lowest BCUT2D eigenvalue weighted by Crippen LogP contribution is -2.29. The molecule has 3 aromatic rings. The molecule has 0 aliphatic carbocycles. The molecule has 150 valence electrons. The summed E-state index contributed by atoms with van der Waals surface area (Å²) in [6, 6.07) is 16.1. The number of ether oxygens (including phenoxy) is 1. The number of carbonyl (C=O) groups is 1. The van der Waals surface area contributed by atoms with Crippen LogP contribution in [0.5, 0.6) is 5.75 Å². The van der Waals surface area contributed by atoms with Gasteiger partial charge >= 0.3 is 0 Å². The molecule has 1 aromatic heterocycles. The van der Waals surface area contributed by atoms with E-state index in [2.05, 4.69) is 26.2 Å². The molecule has 29 heavy (non-hydrogen) atoms. The standard InChI is InChI=1S/C22H23BrN4O2/c1-29-21-9-8-18(23)13-17(21)7-10-22(28)26-12-11-19(14-26)27-15-20(24-25-27)16-5-3-2-4-6-16/h2-6,8-9,13,15,19H,7,10-12,14H2,1H3. The molecule has 1 saturated heterocycles. The normalized spacial score (nSPS) is 16.2. The summed E-state index contributed by atoms with van der Waals surface area (Å²) in [4.78, 5) is 14.7. The number of likely N-dealkylation sites (tertiary alicyclic amines) is 1. The molecule has 0 bridgehead atoms. The topological polar surface area (TPSA) is 60.2 Å². The van der Waals surface area contributed by atoms with Crippen molar-refractivity contribution in [2.45, 2.75) is 25.3 Å². The van der Waals surface area contributed by atoms with Crippen molar-refractivity contribution in [2.75, 3.05) is 20.2 Å². The van der Waals surface area contributed by atoms with Gasteiger partial charge < -0.3 is 9.64 Å². The highest BCUT2D eigenvalue weighted by molar-refractivity contribution is 9.10. The molecule has 0 saturated carbocycles. The minimum atomic E-state index is 0.165. The molecule has 1 aliphatic heterocycles. The monoisotopic (exact) mass is 454 g/mol. The van der Waals surface area contributed by atoms with Crippen molar-refractivity contribution in [1.82, 2.24) is 19.9 Å². The van der Waals surface area contributed by atoms with E-state index in [-0.39, 0.29) is 11.9 Å². The number of amides is 1. The maximum absolute atomic E-state index is 12.7. The lowest BCUT2D eigenvalue weighted by molar-refractivity contribution is -0.130. The van der Waals surface area contributed by atoms with Gasteiger partial charge in [0.15, 0.2) is 0 Å². The number of hydrogen-bond acceptors (Lipinski definition) is 4. The van der Waals surface area contributed by atoms with Crippen molar-refractivity contribution in [3.8, 4) is 17.0 Å². The molecule has 2 heterocycles. The third kappa shape index (κ3) is 4.50. The molecule has 1 aliphatic rings. The van der Waals surface area contributed by atoms with Crippen molar-refractivity contribution >= 4 is 21.8 Å². The van der Waals surface area contributed by atoms with Gasteiger partial charge in [0, 0.05) is 29.5 Å². The van der Waals surface area contributed by atoms with Gasteiger partial charge in [-0.05, 0) is 36.6 Å². The molecular formula is C22H23BrN4O2. The van der Waals surface area contributed by atoms with Crippen LogP contribution in [0.15, 0.2) is 59.2 Å². The summed E-state index contributed by atoms with van der Waals surface area (Å²) >= 11 is 3.48. The van der Waals surface area contributed by atoms with Crippen LogP contribution in [0.1, 0.15) is 24.4 Å². The first-order chi connectivity index (χ1) is 14.1. The Hall–Kier alpha value is -2.67. The second-order valence-electron chi connectivity index (χ2n) is 7.19. The van der Waals surface area contributed by atoms with E-state index in [4.69, 9.17) is 4.74 Å². The molecular weight excluding hydrogens is 432 g/mol. The molecule has 1 amide bonds. The van der Waals surface area contributed by atoms with E-state index >= 15 is 0 Å². The Morgan fingerprint density at radius 2 is 2.07 bits per heavy atom. The van der Waals surface area contributed by atoms with Crippen LogP contribution in [0.2, 0.25) is 0 Å². The average Bonchev–Trinajstić information content (AvgIpc) is 3.42. The molecule has 6 nitrogen and oxygen atoms in total. The number of rotatable bonds is 6. The van der Waals surface area contributed by atoms with Crippen LogP contribution in [0.25, 0.3) is 11.3 Å². The average molecular weight is 455 g/mol. The van der Waals surface area contributed by atoms with Crippen LogP contribution in [-0.2, 0) is 11.2 Å². The number of halogens is 1. The Bertz CT molecular complexity index is 989. The van der Waals surface area contributed by atoms with Crippen LogP contribution < -0.4 is 4.74 Å². The van der Waals surface area contributed by atoms with Gasteiger partial charge in [-0.15, -0.1) is 5.10 Å². The number of benzene rings is 2. The lowest BCUT2D eigenvalue weighted by atomic mass is 10.1. The summed E-state index contributed by atoms with van der Waals surface area (Å²) in [5.74, 6) is 0.981. The van der Waals surface area contributed by atoms with Crippen molar-refractivity contribution in [2.24, 2.45) is 0 Å². The minimum Gasteiger partial charge on any atom is -0.496 e. The van der Waals surface area contributed by atoms with Crippen LogP contribution in [0, 0.1) is 0 Å². The van der Waals surface area contributed by atoms with E-state index in [1.54, 1.807) is 7.11 Å². The van der Waals surface area contributed by atoms with E-state index in [0.29, 0.717) is 19.4 Å². The summed E-state index contributed by atoms with van der Waals surface area (Å²) in [7, 11) is 1.65. The smallest absolute Gasteiger partial charge is 0.222 e. The summed E-state index contributed by atoms with van der Waals surface area (Å²) in [6.07, 6.45) is 3.99. The van der Waals surface area contributed by atoms with Crippen LogP contribution >= 0.6 is 15.9 Å². The number of nitrogens with zero attached hydrogens (tertiary/aromatic N) is 4. The third-order valence-corrected chi connectivity index (χ3v) is 5.81. The van der Waals surface area contributed by atoms with E-state index < -0.39 is 0 Å². The summed E-state index contributed by atoms with van der Waals surface area (Å²) < 4.78 is 8.29. The predicted molar refractivity (Wildman–Crippen MR) is 115 cm³/mol. The van der Waals surface area contributed by atoms with Gasteiger partial charge in [0.25, 0.3) is 0 Å². The lowest BCUT2D eigenvalue weighted by Gasteiger charge is -2.17. The highest BCUT2D eigenvalue weighted by atomic mass is 79.9. The predicted octanol–water partition coefficient (Wildman–Crippen LogP) is 4.12. The summed E-state index contributed by atoms with van der Waals surface area (Å²) in [5, 5.41) is 8.60. The fraction of sp³-hybridized carbons (Fsp3) is 0.318. The number of aromatic nitrogens is 3. The fourth-order valence-corrected chi connectivity index (χ4v) is 4.13. The van der Waals surface area contributed by atoms with Gasteiger partial charge in [-0.3, -0.25) is 4.79 Å². The highest BCUT2D eigenvalue weighted by Crippen LogP contribution is 2.26. The van der Waals surface area contributed by atoms with E-state index in [0.717, 1.165) is 40.0 Å².